The Morgan fingerprint density at radius 1 is 1.24 bits per heavy atom. The minimum Gasteiger partial charge on any atom is -0.506 e. The van der Waals surface area contributed by atoms with Gasteiger partial charge in [-0.05, 0) is 51.3 Å². The van der Waals surface area contributed by atoms with E-state index >= 15 is 0 Å². The maximum absolute atomic E-state index is 12.8. The molecule has 2 aromatic carbocycles. The molecule has 0 saturated carbocycles. The summed E-state index contributed by atoms with van der Waals surface area (Å²) in [6.45, 7) is 6.19. The van der Waals surface area contributed by atoms with Gasteiger partial charge in [-0.1, -0.05) is 42.0 Å². The Labute approximate surface area is 171 Å². The summed E-state index contributed by atoms with van der Waals surface area (Å²) in [4.78, 5) is 12.8. The zero-order valence-electron chi connectivity index (χ0n) is 17.1. The molecule has 2 unspecified atom stereocenters. The van der Waals surface area contributed by atoms with Gasteiger partial charge in [0.05, 0.1) is 12.0 Å². The number of ketones is 1. The molecular weight excluding hydrogens is 364 g/mol. The van der Waals surface area contributed by atoms with Crippen LogP contribution in [0.4, 0.5) is 0 Å². The number of hydrogen-bond donors (Lipinski definition) is 1. The van der Waals surface area contributed by atoms with E-state index in [4.69, 9.17) is 9.47 Å². The number of aromatic hydroxyl groups is 1. The number of phenolic OH excluding ortho intramolecular Hbond substituents is 1. The fourth-order valence-electron chi connectivity index (χ4n) is 3.89. The molecule has 0 aliphatic carbocycles. The number of allylic oxidation sites excluding steroid dienone is 2. The Morgan fingerprint density at radius 3 is 2.72 bits per heavy atom. The van der Waals surface area contributed by atoms with Crippen molar-refractivity contribution >= 4 is 11.9 Å². The van der Waals surface area contributed by atoms with Gasteiger partial charge in [-0.15, -0.1) is 0 Å². The van der Waals surface area contributed by atoms with Crippen LogP contribution in [-0.4, -0.2) is 16.5 Å². The fourth-order valence-corrected chi connectivity index (χ4v) is 3.89. The fraction of sp³-hybridized carbons (Fsp3) is 0.320. The van der Waals surface area contributed by atoms with Crippen LogP contribution in [0.3, 0.4) is 0 Å². The van der Waals surface area contributed by atoms with Gasteiger partial charge in [0.15, 0.2) is 5.78 Å². The first-order valence-electron chi connectivity index (χ1n) is 10.0. The summed E-state index contributed by atoms with van der Waals surface area (Å²) in [5.41, 5.74) is 2.53. The number of benzene rings is 2. The lowest BCUT2D eigenvalue weighted by atomic mass is 9.90. The van der Waals surface area contributed by atoms with Crippen LogP contribution in [0.25, 0.3) is 6.08 Å². The molecular formula is C25H26O4. The van der Waals surface area contributed by atoms with Gasteiger partial charge in [-0.2, -0.15) is 0 Å². The van der Waals surface area contributed by atoms with Gasteiger partial charge < -0.3 is 14.6 Å². The summed E-state index contributed by atoms with van der Waals surface area (Å²) in [6.07, 6.45) is 7.56. The van der Waals surface area contributed by atoms with E-state index in [1.54, 1.807) is 6.07 Å². The number of fused-ring (bicyclic) bond motifs is 2. The normalized spacial score (nSPS) is 22.2. The number of Topliss-reactive ketones (excluding diaryl/α,β-unsaturated/α-hetero) is 1. The Bertz CT molecular complexity index is 999. The Balaban J connectivity index is 1.66. The van der Waals surface area contributed by atoms with Crippen LogP contribution in [0.1, 0.15) is 67.6 Å². The predicted octanol–water partition coefficient (Wildman–Crippen LogP) is 6.01. The van der Waals surface area contributed by atoms with Crippen molar-refractivity contribution < 1.29 is 19.4 Å². The first kappa shape index (κ1) is 19.3. The quantitative estimate of drug-likeness (QED) is 0.650. The molecule has 0 aromatic heterocycles. The predicted molar refractivity (Wildman–Crippen MR) is 114 cm³/mol. The van der Waals surface area contributed by atoms with Crippen molar-refractivity contribution in [2.45, 2.75) is 51.7 Å². The number of hydrogen-bond acceptors (Lipinski definition) is 4. The van der Waals surface area contributed by atoms with Gasteiger partial charge in [0.2, 0.25) is 0 Å². The molecule has 2 aliphatic rings. The van der Waals surface area contributed by atoms with Crippen molar-refractivity contribution in [2.24, 2.45) is 0 Å². The first-order valence-corrected chi connectivity index (χ1v) is 10.0. The van der Waals surface area contributed by atoms with Crippen LogP contribution < -0.4 is 9.47 Å². The summed E-state index contributed by atoms with van der Waals surface area (Å²) in [5, 5.41) is 10.8. The zero-order chi connectivity index (χ0) is 20.6. The second-order valence-corrected chi connectivity index (χ2v) is 8.22. The third-order valence-corrected chi connectivity index (χ3v) is 5.50. The van der Waals surface area contributed by atoms with Gasteiger partial charge in [0, 0.05) is 6.07 Å². The smallest absolute Gasteiger partial charge is 0.174 e. The van der Waals surface area contributed by atoms with Crippen molar-refractivity contribution in [2.75, 3.05) is 0 Å². The highest BCUT2D eigenvalue weighted by atomic mass is 16.5. The summed E-state index contributed by atoms with van der Waals surface area (Å²) >= 11 is 0. The lowest BCUT2D eigenvalue weighted by Crippen LogP contribution is -2.32. The van der Waals surface area contributed by atoms with E-state index in [1.165, 1.54) is 5.57 Å². The highest BCUT2D eigenvalue weighted by molar-refractivity contribution is 6.04. The van der Waals surface area contributed by atoms with Gasteiger partial charge in [0.25, 0.3) is 0 Å². The molecule has 4 nitrogen and oxygen atoms in total. The number of phenols is 1. The minimum atomic E-state index is -0.475. The highest BCUT2D eigenvalue weighted by Gasteiger charge is 2.35. The summed E-state index contributed by atoms with van der Waals surface area (Å²) in [6, 6.07) is 11.4. The molecule has 29 heavy (non-hydrogen) atoms. The zero-order valence-corrected chi connectivity index (χ0v) is 17.1. The van der Waals surface area contributed by atoms with E-state index in [0.717, 1.165) is 18.4 Å². The van der Waals surface area contributed by atoms with Crippen molar-refractivity contribution in [3.05, 3.63) is 70.8 Å². The summed E-state index contributed by atoms with van der Waals surface area (Å²) in [5.74, 6) is 0.751. The molecule has 0 saturated heterocycles. The molecule has 2 aromatic rings. The van der Waals surface area contributed by atoms with Gasteiger partial charge in [-0.3, -0.25) is 4.79 Å². The third kappa shape index (κ3) is 3.80. The Morgan fingerprint density at radius 2 is 2.00 bits per heavy atom. The number of rotatable bonds is 4. The number of carbonyl (C=O) groups excluding carboxylic acids is 1. The van der Waals surface area contributed by atoms with Crippen molar-refractivity contribution in [3.63, 3.8) is 0 Å². The molecule has 4 heteroatoms. The van der Waals surface area contributed by atoms with E-state index in [9.17, 15) is 9.90 Å². The molecule has 2 heterocycles. The third-order valence-electron chi connectivity index (χ3n) is 5.50. The van der Waals surface area contributed by atoms with Crippen molar-refractivity contribution in [1.29, 1.82) is 0 Å². The maximum atomic E-state index is 12.8. The van der Waals surface area contributed by atoms with Crippen LogP contribution in [0.2, 0.25) is 0 Å². The number of carbonyl (C=O) groups is 1. The molecule has 0 amide bonds. The van der Waals surface area contributed by atoms with Gasteiger partial charge in [-0.25, -0.2) is 0 Å². The average molecular weight is 390 g/mol. The molecule has 2 atom stereocenters. The lowest BCUT2D eigenvalue weighted by Gasteiger charge is -2.34. The van der Waals surface area contributed by atoms with Gasteiger partial charge in [0.1, 0.15) is 34.5 Å². The standard InChI is InChI=1S/C25H26O4/c1-16(2)8-7-12-25(3)13-11-18-21(29-25)15-22-23(24(18)27)19(26)14-20(28-22)17-9-5-4-6-10-17/h4-6,8-11,13,15,20,27H,7,12,14H2,1-3H3. The van der Waals surface area contributed by atoms with Crippen LogP contribution in [0.5, 0.6) is 17.2 Å². The lowest BCUT2D eigenvalue weighted by molar-refractivity contribution is 0.0840. The van der Waals surface area contributed by atoms with Crippen LogP contribution >= 0.6 is 0 Å². The largest absolute Gasteiger partial charge is 0.506 e. The number of ether oxygens (including phenoxy) is 2. The second-order valence-electron chi connectivity index (χ2n) is 8.22. The average Bonchev–Trinajstić information content (AvgIpc) is 2.67. The summed E-state index contributed by atoms with van der Waals surface area (Å²) < 4.78 is 12.4. The molecule has 0 bridgehead atoms. The van der Waals surface area contributed by atoms with E-state index in [2.05, 4.69) is 19.9 Å². The monoisotopic (exact) mass is 390 g/mol. The molecule has 0 radical (unpaired) electrons. The second kappa shape index (κ2) is 7.43. The molecule has 0 spiro atoms. The van der Waals surface area contributed by atoms with E-state index in [0.29, 0.717) is 17.1 Å². The van der Waals surface area contributed by atoms with Crippen LogP contribution in [0.15, 0.2) is 54.1 Å². The van der Waals surface area contributed by atoms with Crippen LogP contribution in [0, 0.1) is 0 Å². The molecule has 1 N–H and O–H groups in total. The maximum Gasteiger partial charge on any atom is 0.174 e. The van der Waals surface area contributed by atoms with E-state index < -0.39 is 5.60 Å². The van der Waals surface area contributed by atoms with E-state index in [1.807, 2.05) is 49.4 Å². The SMILES string of the molecule is CC(C)=CCCC1(C)C=Cc2c(cc3c(c2O)C(=O)CC(c2ccccc2)O3)O1. The molecule has 0 fully saturated rings. The highest BCUT2D eigenvalue weighted by Crippen LogP contribution is 2.48. The first-order chi connectivity index (χ1) is 13.9. The Kier molecular flexibility index (Phi) is 4.95. The van der Waals surface area contributed by atoms with Crippen molar-refractivity contribution in [3.8, 4) is 17.2 Å². The topological polar surface area (TPSA) is 55.8 Å². The van der Waals surface area contributed by atoms with Crippen molar-refractivity contribution in [1.82, 2.24) is 0 Å². The Hall–Kier alpha value is -3.01. The van der Waals surface area contributed by atoms with Crippen LogP contribution in [-0.2, 0) is 0 Å². The minimum absolute atomic E-state index is 0.0587. The molecule has 150 valence electrons. The molecule has 2 aliphatic heterocycles. The van der Waals surface area contributed by atoms with E-state index in [-0.39, 0.29) is 29.6 Å². The summed E-state index contributed by atoms with van der Waals surface area (Å²) in [7, 11) is 0. The van der Waals surface area contributed by atoms with Gasteiger partial charge >= 0.3 is 0 Å². The molecule has 4 rings (SSSR count).